The van der Waals surface area contributed by atoms with E-state index in [0.717, 1.165) is 0 Å². The normalized spacial score (nSPS) is 16.5. The van der Waals surface area contributed by atoms with Gasteiger partial charge in [0, 0.05) is 6.61 Å². The first-order valence-electron chi connectivity index (χ1n) is 10.2. The Morgan fingerprint density at radius 3 is 1.63 bits per heavy atom. The van der Waals surface area contributed by atoms with Crippen molar-refractivity contribution < 1.29 is 14.0 Å². The fraction of sp³-hybridized carbons (Fsp3) is 0.905. The molecule has 0 aliphatic heterocycles. The van der Waals surface area contributed by atoms with Crippen molar-refractivity contribution in [2.45, 2.75) is 116 Å². The second kappa shape index (κ2) is 9.27. The molecule has 0 aromatic rings. The predicted molar refractivity (Wildman–Crippen MR) is 127 cm³/mol. The van der Waals surface area contributed by atoms with Gasteiger partial charge in [-0.15, -0.1) is 5.54 Å². The van der Waals surface area contributed by atoms with E-state index in [1.165, 1.54) is 0 Å². The first-order chi connectivity index (χ1) is 11.7. The zero-order valence-electron chi connectivity index (χ0n) is 20.3. The van der Waals surface area contributed by atoms with Crippen molar-refractivity contribution in [2.24, 2.45) is 0 Å². The molecule has 160 valence electrons. The van der Waals surface area contributed by atoms with E-state index in [9.17, 15) is 5.11 Å². The van der Waals surface area contributed by atoms with Crippen LogP contribution < -0.4 is 0 Å². The van der Waals surface area contributed by atoms with Crippen molar-refractivity contribution in [3.8, 4) is 11.5 Å². The van der Waals surface area contributed by atoms with E-state index in [-0.39, 0.29) is 16.2 Å². The molecular formula is C21H46O3Si3. The van der Waals surface area contributed by atoms with Crippen LogP contribution in [0.5, 0.6) is 0 Å². The predicted octanol–water partition coefficient (Wildman–Crippen LogP) is 6.03. The summed E-state index contributed by atoms with van der Waals surface area (Å²) in [7, 11) is -5.34. The topological polar surface area (TPSA) is 38.7 Å². The molecule has 6 heteroatoms. The molecule has 27 heavy (non-hydrogen) atoms. The second-order valence-corrected chi connectivity index (χ2v) is 26.1. The maximum atomic E-state index is 10.8. The summed E-state index contributed by atoms with van der Waals surface area (Å²) in [4.78, 5) is 0. The van der Waals surface area contributed by atoms with E-state index in [1.54, 1.807) is 0 Å². The Morgan fingerprint density at radius 2 is 1.26 bits per heavy atom. The summed E-state index contributed by atoms with van der Waals surface area (Å²) < 4.78 is 12.9. The van der Waals surface area contributed by atoms with Crippen LogP contribution in [0, 0.1) is 11.5 Å². The van der Waals surface area contributed by atoms with Crippen LogP contribution in [0.25, 0.3) is 0 Å². The lowest BCUT2D eigenvalue weighted by atomic mass is 10.1. The summed E-state index contributed by atoms with van der Waals surface area (Å²) in [6.07, 6.45) is -0.367. The van der Waals surface area contributed by atoms with E-state index in [4.69, 9.17) is 8.85 Å². The van der Waals surface area contributed by atoms with Gasteiger partial charge in [0.1, 0.15) is 14.2 Å². The summed E-state index contributed by atoms with van der Waals surface area (Å²) in [6, 6.07) is 0. The van der Waals surface area contributed by atoms with E-state index < -0.39 is 30.8 Å². The van der Waals surface area contributed by atoms with E-state index >= 15 is 0 Å². The Kier molecular flexibility index (Phi) is 9.30. The van der Waals surface area contributed by atoms with Gasteiger partial charge in [0.2, 0.25) is 0 Å². The van der Waals surface area contributed by atoms with Crippen LogP contribution >= 0.6 is 0 Å². The molecule has 0 radical (unpaired) electrons. The minimum Gasteiger partial charge on any atom is -0.417 e. The molecular weight excluding hydrogens is 384 g/mol. The lowest BCUT2D eigenvalue weighted by Gasteiger charge is -2.40. The quantitative estimate of drug-likeness (QED) is 0.396. The SMILES string of the molecule is CC(C)(C)[Si](C)(C)OCC[C@H](O[Si](C)(C)C(C)(C)C)[C@@H](O)C#C[Si](C)(C)C. The molecule has 0 saturated heterocycles. The fourth-order valence-corrected chi connectivity index (χ4v) is 4.87. The average molecular weight is 431 g/mol. The van der Waals surface area contributed by atoms with Gasteiger partial charge in [0.05, 0.1) is 6.10 Å². The van der Waals surface area contributed by atoms with Gasteiger partial charge in [-0.05, 0) is 42.7 Å². The zero-order chi connectivity index (χ0) is 21.9. The van der Waals surface area contributed by atoms with E-state index in [2.05, 4.69) is 98.8 Å². The Bertz CT molecular complexity index is 526. The number of aliphatic hydroxyl groups is 1. The molecule has 0 aromatic heterocycles. The summed E-state index contributed by atoms with van der Waals surface area (Å²) >= 11 is 0. The van der Waals surface area contributed by atoms with E-state index in [1.807, 2.05) is 0 Å². The maximum absolute atomic E-state index is 10.8. The summed E-state index contributed by atoms with van der Waals surface area (Å²) in [6.45, 7) is 29.6. The third-order valence-corrected chi connectivity index (χ3v) is 15.8. The highest BCUT2D eigenvalue weighted by Gasteiger charge is 2.41. The molecule has 1 N–H and O–H groups in total. The highest BCUT2D eigenvalue weighted by atomic mass is 28.4. The van der Waals surface area contributed by atoms with Gasteiger partial charge in [-0.3, -0.25) is 0 Å². The standard InChI is InChI=1S/C21H46O3Si3/c1-20(2,3)26(10,11)23-16-14-19(18(22)15-17-25(7,8)9)24-27(12,13)21(4,5)6/h18-19,22H,14,16H2,1-13H3/t18-,19-/m0/s1. The average Bonchev–Trinajstić information content (AvgIpc) is 2.40. The summed E-state index contributed by atoms with van der Waals surface area (Å²) in [5.74, 6) is 3.09. The van der Waals surface area contributed by atoms with Crippen molar-refractivity contribution in [1.82, 2.24) is 0 Å². The minimum atomic E-state index is -2.00. The number of rotatable bonds is 7. The van der Waals surface area contributed by atoms with Crippen LogP contribution in [0.4, 0.5) is 0 Å². The Morgan fingerprint density at radius 1 is 0.815 bits per heavy atom. The molecule has 0 aliphatic carbocycles. The van der Waals surface area contributed by atoms with Gasteiger partial charge >= 0.3 is 0 Å². The Balaban J connectivity index is 5.34. The third kappa shape index (κ3) is 9.42. The minimum absolute atomic E-state index is 0.0947. The fourth-order valence-electron chi connectivity index (χ4n) is 1.87. The molecule has 0 saturated carbocycles. The van der Waals surface area contributed by atoms with Crippen LogP contribution in [0.3, 0.4) is 0 Å². The van der Waals surface area contributed by atoms with Gasteiger partial charge in [-0.25, -0.2) is 0 Å². The smallest absolute Gasteiger partial charge is 0.192 e. The molecule has 0 fully saturated rings. The Labute approximate surface area is 172 Å². The molecule has 0 aromatic carbocycles. The largest absolute Gasteiger partial charge is 0.417 e. The molecule has 0 amide bonds. The molecule has 3 nitrogen and oxygen atoms in total. The summed E-state index contributed by atoms with van der Waals surface area (Å²) in [5, 5.41) is 11.1. The number of aliphatic hydroxyl groups excluding tert-OH is 1. The van der Waals surface area contributed by atoms with Crippen molar-refractivity contribution in [3.05, 3.63) is 0 Å². The van der Waals surface area contributed by atoms with Crippen molar-refractivity contribution in [2.75, 3.05) is 6.61 Å². The summed E-state index contributed by atoms with van der Waals surface area (Å²) in [5.41, 5.74) is 3.30. The lowest BCUT2D eigenvalue weighted by Crippen LogP contribution is -2.48. The first kappa shape index (κ1) is 27.1. The third-order valence-electron chi connectivity index (χ3n) is 5.87. The molecule has 0 aliphatic rings. The van der Waals surface area contributed by atoms with E-state index in [0.29, 0.717) is 13.0 Å². The lowest BCUT2D eigenvalue weighted by molar-refractivity contribution is 0.0457. The van der Waals surface area contributed by atoms with Crippen LogP contribution in [-0.4, -0.2) is 48.6 Å². The first-order valence-corrected chi connectivity index (χ1v) is 19.5. The van der Waals surface area contributed by atoms with Gasteiger partial charge in [-0.1, -0.05) is 67.1 Å². The van der Waals surface area contributed by atoms with Gasteiger partial charge < -0.3 is 14.0 Å². The van der Waals surface area contributed by atoms with Crippen LogP contribution in [-0.2, 0) is 8.85 Å². The molecule has 0 bridgehead atoms. The molecule has 0 unspecified atom stereocenters. The Hall–Kier alpha value is 0.0906. The zero-order valence-corrected chi connectivity index (χ0v) is 23.3. The molecule has 0 spiro atoms. The van der Waals surface area contributed by atoms with Crippen molar-refractivity contribution in [1.29, 1.82) is 0 Å². The van der Waals surface area contributed by atoms with Crippen LogP contribution in [0.1, 0.15) is 48.0 Å². The van der Waals surface area contributed by atoms with Gasteiger partial charge in [0.15, 0.2) is 16.6 Å². The molecule has 0 rings (SSSR count). The van der Waals surface area contributed by atoms with Crippen LogP contribution in [0.2, 0.25) is 55.9 Å². The van der Waals surface area contributed by atoms with Gasteiger partial charge in [-0.2, -0.15) is 0 Å². The van der Waals surface area contributed by atoms with Crippen molar-refractivity contribution in [3.63, 3.8) is 0 Å². The highest BCUT2D eigenvalue weighted by molar-refractivity contribution is 6.83. The molecule has 2 atom stereocenters. The highest BCUT2D eigenvalue weighted by Crippen LogP contribution is 2.39. The molecule has 0 heterocycles. The second-order valence-electron chi connectivity index (χ2n) is 11.8. The monoisotopic (exact) mass is 430 g/mol. The van der Waals surface area contributed by atoms with Crippen molar-refractivity contribution >= 4 is 24.7 Å². The van der Waals surface area contributed by atoms with Crippen LogP contribution in [0.15, 0.2) is 0 Å². The van der Waals surface area contributed by atoms with Gasteiger partial charge in [0.25, 0.3) is 0 Å². The number of hydrogen-bond donors (Lipinski definition) is 1. The maximum Gasteiger partial charge on any atom is 0.192 e. The number of hydrogen-bond acceptors (Lipinski definition) is 3.